The second-order valence-electron chi connectivity index (χ2n) is 5.19. The number of alkyl halides is 3. The normalized spacial score (nSPS) is 13.0. The van der Waals surface area contributed by atoms with E-state index in [9.17, 15) is 18.0 Å². The van der Waals surface area contributed by atoms with Gasteiger partial charge in [-0.15, -0.1) is 0 Å². The summed E-state index contributed by atoms with van der Waals surface area (Å²) in [7, 11) is 0. The third-order valence-corrected chi connectivity index (χ3v) is 3.68. The summed E-state index contributed by atoms with van der Waals surface area (Å²) < 4.78 is 39.1. The lowest BCUT2D eigenvalue weighted by atomic mass is 10.0. The van der Waals surface area contributed by atoms with Gasteiger partial charge in [0.2, 0.25) is 0 Å². The first-order valence-corrected chi connectivity index (χ1v) is 7.28. The van der Waals surface area contributed by atoms with Crippen molar-refractivity contribution in [2.75, 3.05) is 11.4 Å². The molecule has 118 valence electrons. The average Bonchev–Trinajstić information content (AvgIpc) is 2.46. The Hall–Kier alpha value is -1.52. The minimum absolute atomic E-state index is 0.153. The fourth-order valence-electron chi connectivity index (χ4n) is 2.22. The van der Waals surface area contributed by atoms with Crippen LogP contribution in [0.3, 0.4) is 0 Å². The number of aldehydes is 1. The van der Waals surface area contributed by atoms with Gasteiger partial charge in [-0.1, -0.05) is 20.3 Å². The third kappa shape index (κ3) is 4.48. The summed E-state index contributed by atoms with van der Waals surface area (Å²) in [5.41, 5.74) is -0.652. The molecule has 0 fully saturated rings. The lowest BCUT2D eigenvalue weighted by Crippen LogP contribution is -2.33. The maximum Gasteiger partial charge on any atom is 0.417 e. The molecule has 1 atom stereocenters. The number of unbranched alkanes of at least 4 members (excludes halogenated alkanes) is 1. The molecule has 0 saturated carbocycles. The van der Waals surface area contributed by atoms with Gasteiger partial charge in [-0.2, -0.15) is 13.2 Å². The van der Waals surface area contributed by atoms with Gasteiger partial charge in [0.15, 0.2) is 6.29 Å². The topological polar surface area (TPSA) is 20.3 Å². The third-order valence-electron chi connectivity index (χ3n) is 3.68. The van der Waals surface area contributed by atoms with Crippen LogP contribution in [0, 0.1) is 0 Å². The standard InChI is InChI=1S/C16H22F3NO/c1-4-6-9-20(12(3)5-2)14-8-7-13(11-21)15(10-14)16(17,18)19/h7-8,10-12H,4-6,9H2,1-3H3. The molecule has 1 aromatic rings. The highest BCUT2D eigenvalue weighted by atomic mass is 19.4. The van der Waals surface area contributed by atoms with E-state index in [0.717, 1.165) is 25.3 Å². The van der Waals surface area contributed by atoms with Crippen molar-refractivity contribution in [3.05, 3.63) is 29.3 Å². The zero-order chi connectivity index (χ0) is 16.0. The molecule has 21 heavy (non-hydrogen) atoms. The van der Waals surface area contributed by atoms with E-state index < -0.39 is 11.7 Å². The molecule has 0 amide bonds. The Morgan fingerprint density at radius 3 is 2.43 bits per heavy atom. The highest BCUT2D eigenvalue weighted by Crippen LogP contribution is 2.34. The molecule has 0 aliphatic carbocycles. The van der Waals surface area contributed by atoms with Gasteiger partial charge in [-0.05, 0) is 38.0 Å². The van der Waals surface area contributed by atoms with Crippen molar-refractivity contribution in [3.8, 4) is 0 Å². The Morgan fingerprint density at radius 1 is 1.29 bits per heavy atom. The molecule has 1 rings (SSSR count). The SMILES string of the molecule is CCCCN(c1ccc(C=O)c(C(F)(F)F)c1)C(C)CC. The molecular formula is C16H22F3NO. The first-order valence-electron chi connectivity index (χ1n) is 7.28. The summed E-state index contributed by atoms with van der Waals surface area (Å²) in [5.74, 6) is 0. The molecule has 1 unspecified atom stereocenters. The fraction of sp³-hybridized carbons (Fsp3) is 0.562. The maximum atomic E-state index is 13.0. The number of halogens is 3. The molecular weight excluding hydrogens is 279 g/mol. The van der Waals surface area contributed by atoms with Crippen LogP contribution in [0.25, 0.3) is 0 Å². The average molecular weight is 301 g/mol. The van der Waals surface area contributed by atoms with Crippen molar-refractivity contribution in [2.24, 2.45) is 0 Å². The second-order valence-corrected chi connectivity index (χ2v) is 5.19. The lowest BCUT2D eigenvalue weighted by molar-refractivity contribution is -0.137. The van der Waals surface area contributed by atoms with Crippen LogP contribution in [0.2, 0.25) is 0 Å². The number of rotatable bonds is 7. The van der Waals surface area contributed by atoms with Gasteiger partial charge in [0, 0.05) is 23.8 Å². The summed E-state index contributed by atoms with van der Waals surface area (Å²) in [4.78, 5) is 12.8. The molecule has 0 saturated heterocycles. The van der Waals surface area contributed by atoms with Crippen LogP contribution in [0.15, 0.2) is 18.2 Å². The summed E-state index contributed by atoms with van der Waals surface area (Å²) in [6.45, 7) is 6.76. The van der Waals surface area contributed by atoms with E-state index in [1.807, 2.05) is 25.7 Å². The minimum Gasteiger partial charge on any atom is -0.369 e. The van der Waals surface area contributed by atoms with Crippen molar-refractivity contribution < 1.29 is 18.0 Å². The monoisotopic (exact) mass is 301 g/mol. The van der Waals surface area contributed by atoms with Gasteiger partial charge < -0.3 is 4.90 Å². The molecule has 0 bridgehead atoms. The van der Waals surface area contributed by atoms with Gasteiger partial charge in [0.1, 0.15) is 0 Å². The number of anilines is 1. The molecule has 0 aromatic heterocycles. The smallest absolute Gasteiger partial charge is 0.369 e. The van der Waals surface area contributed by atoms with E-state index in [4.69, 9.17) is 0 Å². The summed E-state index contributed by atoms with van der Waals surface area (Å²) >= 11 is 0. The van der Waals surface area contributed by atoms with Crippen LogP contribution in [0.1, 0.15) is 56.0 Å². The second kappa shape index (κ2) is 7.48. The van der Waals surface area contributed by atoms with Crippen LogP contribution in [0.4, 0.5) is 18.9 Å². The summed E-state index contributed by atoms with van der Waals surface area (Å²) in [5, 5.41) is 0. The maximum absolute atomic E-state index is 13.0. The number of hydrogen-bond acceptors (Lipinski definition) is 2. The molecule has 0 aliphatic heterocycles. The fourth-order valence-corrected chi connectivity index (χ4v) is 2.22. The molecule has 0 heterocycles. The predicted molar refractivity (Wildman–Crippen MR) is 78.8 cm³/mol. The summed E-state index contributed by atoms with van der Waals surface area (Å²) in [6.07, 6.45) is -1.52. The van der Waals surface area contributed by atoms with E-state index in [1.165, 1.54) is 6.07 Å². The van der Waals surface area contributed by atoms with E-state index in [2.05, 4.69) is 0 Å². The van der Waals surface area contributed by atoms with E-state index in [-0.39, 0.29) is 17.9 Å². The van der Waals surface area contributed by atoms with Crippen LogP contribution >= 0.6 is 0 Å². The zero-order valence-corrected chi connectivity index (χ0v) is 12.7. The molecule has 0 aliphatic rings. The Bertz CT molecular complexity index is 471. The number of nitrogens with zero attached hydrogens (tertiary/aromatic N) is 1. The quantitative estimate of drug-likeness (QED) is 0.666. The van der Waals surface area contributed by atoms with Gasteiger partial charge >= 0.3 is 6.18 Å². The number of carbonyl (C=O) groups is 1. The highest BCUT2D eigenvalue weighted by Gasteiger charge is 2.34. The minimum atomic E-state index is -4.52. The first kappa shape index (κ1) is 17.5. The molecule has 0 radical (unpaired) electrons. The predicted octanol–water partition coefficient (Wildman–Crippen LogP) is 4.92. The van der Waals surface area contributed by atoms with Crippen LogP contribution in [-0.4, -0.2) is 18.9 Å². The van der Waals surface area contributed by atoms with E-state index in [1.54, 1.807) is 6.07 Å². The Kier molecular flexibility index (Phi) is 6.24. The molecule has 0 spiro atoms. The molecule has 0 N–H and O–H groups in total. The van der Waals surface area contributed by atoms with Crippen molar-refractivity contribution in [2.45, 2.75) is 52.3 Å². The molecule has 2 nitrogen and oxygen atoms in total. The van der Waals surface area contributed by atoms with Gasteiger partial charge in [-0.3, -0.25) is 4.79 Å². The number of hydrogen-bond donors (Lipinski definition) is 0. The van der Waals surface area contributed by atoms with Crippen LogP contribution < -0.4 is 4.90 Å². The first-order chi connectivity index (χ1) is 9.85. The molecule has 5 heteroatoms. The van der Waals surface area contributed by atoms with Crippen molar-refractivity contribution >= 4 is 12.0 Å². The van der Waals surface area contributed by atoms with E-state index >= 15 is 0 Å². The van der Waals surface area contributed by atoms with Crippen LogP contribution in [-0.2, 0) is 6.18 Å². The van der Waals surface area contributed by atoms with Crippen molar-refractivity contribution in [1.29, 1.82) is 0 Å². The van der Waals surface area contributed by atoms with Gasteiger partial charge in [0.25, 0.3) is 0 Å². The Balaban J connectivity index is 3.23. The van der Waals surface area contributed by atoms with Crippen molar-refractivity contribution in [1.82, 2.24) is 0 Å². The molecule has 1 aromatic carbocycles. The van der Waals surface area contributed by atoms with E-state index in [0.29, 0.717) is 12.2 Å². The summed E-state index contributed by atoms with van der Waals surface area (Å²) in [6, 6.07) is 4.10. The Morgan fingerprint density at radius 2 is 1.95 bits per heavy atom. The zero-order valence-electron chi connectivity index (χ0n) is 12.7. The number of benzene rings is 1. The van der Waals surface area contributed by atoms with Gasteiger partial charge in [0.05, 0.1) is 5.56 Å². The van der Waals surface area contributed by atoms with Gasteiger partial charge in [-0.25, -0.2) is 0 Å². The largest absolute Gasteiger partial charge is 0.417 e. The Labute approximate surface area is 123 Å². The lowest BCUT2D eigenvalue weighted by Gasteiger charge is -2.31. The van der Waals surface area contributed by atoms with Crippen molar-refractivity contribution in [3.63, 3.8) is 0 Å². The van der Waals surface area contributed by atoms with Crippen LogP contribution in [0.5, 0.6) is 0 Å². The number of carbonyl (C=O) groups excluding carboxylic acids is 1. The highest BCUT2D eigenvalue weighted by molar-refractivity contribution is 5.79.